The van der Waals surface area contributed by atoms with E-state index in [2.05, 4.69) is 15.9 Å². The molecule has 1 aromatic carbocycles. The van der Waals surface area contributed by atoms with Gasteiger partial charge in [-0.1, -0.05) is 29.8 Å². The van der Waals surface area contributed by atoms with Gasteiger partial charge in [-0.3, -0.25) is 14.4 Å². The molecular weight excluding hydrogens is 531 g/mol. The van der Waals surface area contributed by atoms with Crippen molar-refractivity contribution in [2.45, 2.75) is 38.7 Å². The van der Waals surface area contributed by atoms with E-state index in [1.54, 1.807) is 43.3 Å². The van der Waals surface area contributed by atoms with Crippen LogP contribution in [0.5, 0.6) is 0 Å². The fourth-order valence-corrected chi connectivity index (χ4v) is 4.40. The van der Waals surface area contributed by atoms with Gasteiger partial charge in [0.05, 0.1) is 16.0 Å². The number of fused-ring (bicyclic) bond motifs is 1. The van der Waals surface area contributed by atoms with Crippen LogP contribution in [0.1, 0.15) is 52.3 Å². The third-order valence-corrected chi connectivity index (χ3v) is 6.91. The summed E-state index contributed by atoms with van der Waals surface area (Å²) >= 11 is 7.19. The van der Waals surface area contributed by atoms with E-state index < -0.39 is 5.60 Å². The standard InChI is InChI=1S/C20H17ClFN3O3S.C4H9NO.C3H6/c21-17-15(9-14-16(11-26)29-24-18(14)23-17)19(27)25-7-5-20(28,6-8-25)10-12-1-3-13(22)4-2-12;1-4(6)5(2)3;1-3-2/h1-4,9,11,28H,5-8,10H2;1-3H3;3H,1H2,2H3. The number of hydrogen-bond donors (Lipinski definition) is 1. The van der Waals surface area contributed by atoms with Crippen LogP contribution in [-0.2, 0) is 11.2 Å². The van der Waals surface area contributed by atoms with E-state index in [4.69, 9.17) is 11.6 Å². The average molecular weight is 563 g/mol. The molecule has 0 spiro atoms. The minimum Gasteiger partial charge on any atom is -0.389 e. The molecule has 1 aliphatic heterocycles. The van der Waals surface area contributed by atoms with Crippen molar-refractivity contribution in [2.24, 2.45) is 0 Å². The molecule has 0 atom stereocenters. The molecule has 1 aliphatic rings. The molecule has 1 fully saturated rings. The molecule has 204 valence electrons. The predicted molar refractivity (Wildman–Crippen MR) is 148 cm³/mol. The summed E-state index contributed by atoms with van der Waals surface area (Å²) in [6, 6.07) is 7.61. The number of piperidine rings is 1. The highest BCUT2D eigenvalue weighted by atomic mass is 35.5. The maximum Gasteiger partial charge on any atom is 0.257 e. The van der Waals surface area contributed by atoms with E-state index in [0.29, 0.717) is 54.5 Å². The Bertz CT molecular complexity index is 1270. The lowest BCUT2D eigenvalue weighted by atomic mass is 9.85. The van der Waals surface area contributed by atoms with Gasteiger partial charge in [-0.05, 0) is 55.1 Å². The minimum atomic E-state index is -0.956. The van der Waals surface area contributed by atoms with Crippen molar-refractivity contribution in [2.75, 3.05) is 27.2 Å². The third kappa shape index (κ3) is 8.41. The summed E-state index contributed by atoms with van der Waals surface area (Å²) in [7, 11) is 3.45. The van der Waals surface area contributed by atoms with Crippen molar-refractivity contribution in [1.29, 1.82) is 0 Å². The molecule has 0 unspecified atom stereocenters. The zero-order chi connectivity index (χ0) is 28.5. The number of carbonyl (C=O) groups excluding carboxylic acids is 3. The van der Waals surface area contributed by atoms with Gasteiger partial charge >= 0.3 is 0 Å². The maximum atomic E-state index is 13.1. The van der Waals surface area contributed by atoms with Gasteiger partial charge < -0.3 is 14.9 Å². The number of nitrogens with zero attached hydrogens (tertiary/aromatic N) is 4. The molecule has 1 saturated heterocycles. The first-order valence-electron chi connectivity index (χ1n) is 11.9. The van der Waals surface area contributed by atoms with E-state index in [1.165, 1.54) is 24.0 Å². The number of benzene rings is 1. The Morgan fingerprint density at radius 2 is 1.82 bits per heavy atom. The zero-order valence-electron chi connectivity index (χ0n) is 21.9. The molecule has 0 bridgehead atoms. The van der Waals surface area contributed by atoms with Crippen LogP contribution >= 0.6 is 23.1 Å². The Morgan fingerprint density at radius 3 is 2.32 bits per heavy atom. The highest BCUT2D eigenvalue weighted by Gasteiger charge is 2.35. The number of hydrogen-bond acceptors (Lipinski definition) is 7. The van der Waals surface area contributed by atoms with Gasteiger partial charge in [-0.2, -0.15) is 4.37 Å². The minimum absolute atomic E-state index is 0.0393. The lowest BCUT2D eigenvalue weighted by Crippen LogP contribution is -2.47. The first-order valence-corrected chi connectivity index (χ1v) is 13.0. The summed E-state index contributed by atoms with van der Waals surface area (Å²) in [4.78, 5) is 41.9. The quantitative estimate of drug-likeness (QED) is 0.278. The van der Waals surface area contributed by atoms with Crippen LogP contribution in [-0.4, -0.2) is 75.2 Å². The number of pyridine rings is 1. The third-order valence-electron chi connectivity index (χ3n) is 5.85. The van der Waals surface area contributed by atoms with E-state index in [1.807, 2.05) is 6.92 Å². The maximum absolute atomic E-state index is 13.1. The van der Waals surface area contributed by atoms with Gasteiger partial charge in [-0.25, -0.2) is 9.37 Å². The van der Waals surface area contributed by atoms with E-state index >= 15 is 0 Å². The summed E-state index contributed by atoms with van der Waals surface area (Å²) in [6.07, 6.45) is 3.61. The Balaban J connectivity index is 0.000000490. The number of amides is 2. The first-order chi connectivity index (χ1) is 17.9. The van der Waals surface area contributed by atoms with Crippen molar-refractivity contribution in [1.82, 2.24) is 19.2 Å². The molecule has 4 rings (SSSR count). The van der Waals surface area contributed by atoms with Crippen LogP contribution in [0, 0.1) is 5.82 Å². The molecule has 3 heterocycles. The Labute approximate surface area is 230 Å². The molecule has 11 heteroatoms. The van der Waals surface area contributed by atoms with Crippen molar-refractivity contribution in [3.63, 3.8) is 0 Å². The van der Waals surface area contributed by atoms with Crippen molar-refractivity contribution < 1.29 is 23.9 Å². The average Bonchev–Trinajstić information content (AvgIpc) is 3.27. The van der Waals surface area contributed by atoms with Crippen LogP contribution < -0.4 is 0 Å². The monoisotopic (exact) mass is 562 g/mol. The van der Waals surface area contributed by atoms with Gasteiger partial charge in [0.15, 0.2) is 11.9 Å². The SMILES string of the molecule is C=CC.CC(=O)N(C)C.O=Cc1snc2nc(Cl)c(C(=O)N3CCC(O)(Cc4ccc(F)cc4)CC3)cc12. The fourth-order valence-electron chi connectivity index (χ4n) is 3.56. The summed E-state index contributed by atoms with van der Waals surface area (Å²) in [6.45, 7) is 7.49. The Hall–Kier alpha value is -3.21. The van der Waals surface area contributed by atoms with Crippen molar-refractivity contribution in [3.8, 4) is 0 Å². The van der Waals surface area contributed by atoms with Crippen LogP contribution in [0.25, 0.3) is 11.0 Å². The number of likely N-dealkylation sites (tertiary alicyclic amines) is 1. The van der Waals surface area contributed by atoms with Gasteiger partial charge in [0, 0.05) is 45.9 Å². The van der Waals surface area contributed by atoms with Crippen LogP contribution in [0.2, 0.25) is 5.15 Å². The number of aliphatic hydroxyl groups is 1. The zero-order valence-corrected chi connectivity index (χ0v) is 23.5. The molecular formula is C27H32ClFN4O4S. The van der Waals surface area contributed by atoms with Gasteiger partial charge in [0.1, 0.15) is 11.0 Å². The molecule has 2 aromatic heterocycles. The van der Waals surface area contributed by atoms with E-state index in [9.17, 15) is 23.9 Å². The highest BCUT2D eigenvalue weighted by molar-refractivity contribution is 7.09. The molecule has 38 heavy (non-hydrogen) atoms. The predicted octanol–water partition coefficient (Wildman–Crippen LogP) is 4.79. The lowest BCUT2D eigenvalue weighted by molar-refractivity contribution is -0.126. The summed E-state index contributed by atoms with van der Waals surface area (Å²) in [5.74, 6) is -0.520. The van der Waals surface area contributed by atoms with Crippen LogP contribution in [0.15, 0.2) is 43.0 Å². The molecule has 3 aromatic rings. The number of aldehydes is 1. The summed E-state index contributed by atoms with van der Waals surface area (Å²) < 4.78 is 17.1. The second-order valence-electron chi connectivity index (χ2n) is 9.00. The molecule has 2 amide bonds. The number of carbonyl (C=O) groups is 3. The van der Waals surface area contributed by atoms with E-state index in [-0.39, 0.29) is 28.3 Å². The van der Waals surface area contributed by atoms with E-state index in [0.717, 1.165) is 17.1 Å². The Kier molecular flexibility index (Phi) is 11.5. The number of allylic oxidation sites excluding steroid dienone is 1. The van der Waals surface area contributed by atoms with Crippen molar-refractivity contribution >= 4 is 52.3 Å². The highest BCUT2D eigenvalue weighted by Crippen LogP contribution is 2.30. The van der Waals surface area contributed by atoms with Crippen LogP contribution in [0.3, 0.4) is 0 Å². The Morgan fingerprint density at radius 1 is 1.26 bits per heavy atom. The topological polar surface area (TPSA) is 104 Å². The number of rotatable bonds is 4. The fraction of sp³-hybridized carbons (Fsp3) is 0.370. The summed E-state index contributed by atoms with van der Waals surface area (Å²) in [5, 5.41) is 11.4. The molecule has 8 nitrogen and oxygen atoms in total. The lowest BCUT2D eigenvalue weighted by Gasteiger charge is -2.38. The van der Waals surface area contributed by atoms with Crippen LogP contribution in [0.4, 0.5) is 4.39 Å². The molecule has 0 aliphatic carbocycles. The van der Waals surface area contributed by atoms with Gasteiger partial charge in [-0.15, -0.1) is 6.58 Å². The van der Waals surface area contributed by atoms with Crippen molar-refractivity contribution in [3.05, 3.63) is 70.0 Å². The second-order valence-corrected chi connectivity index (χ2v) is 10.2. The number of halogens is 2. The second kappa shape index (κ2) is 14.1. The molecule has 1 N–H and O–H groups in total. The smallest absolute Gasteiger partial charge is 0.257 e. The normalized spacial score (nSPS) is 13.9. The summed E-state index contributed by atoms with van der Waals surface area (Å²) in [5.41, 5.74) is 0.442. The molecule has 0 radical (unpaired) electrons. The van der Waals surface area contributed by atoms with Gasteiger partial charge in [0.25, 0.3) is 5.91 Å². The largest absolute Gasteiger partial charge is 0.389 e. The first kappa shape index (κ1) is 31.0. The number of aromatic nitrogens is 2. The molecule has 0 saturated carbocycles. The van der Waals surface area contributed by atoms with Gasteiger partial charge in [0.2, 0.25) is 5.91 Å².